The lowest BCUT2D eigenvalue weighted by molar-refractivity contribution is -0.152. The zero-order valence-electron chi connectivity index (χ0n) is 22.0. The van der Waals surface area contributed by atoms with Crippen molar-refractivity contribution >= 4 is 28.3 Å². The van der Waals surface area contributed by atoms with Crippen molar-refractivity contribution < 1.29 is 23.8 Å². The number of fused-ring (bicyclic) bond motifs is 1. The maximum absolute atomic E-state index is 13.3. The molecule has 2 aromatic heterocycles. The topological polar surface area (TPSA) is 111 Å². The van der Waals surface area contributed by atoms with Crippen molar-refractivity contribution in [2.75, 3.05) is 0 Å². The van der Waals surface area contributed by atoms with Gasteiger partial charge >= 0.3 is 5.97 Å². The Morgan fingerprint density at radius 1 is 1.05 bits per heavy atom. The van der Waals surface area contributed by atoms with Gasteiger partial charge in [-0.1, -0.05) is 60.7 Å². The summed E-state index contributed by atoms with van der Waals surface area (Å²) in [6.07, 6.45) is 0.225. The molecule has 0 fully saturated rings. The van der Waals surface area contributed by atoms with Crippen LogP contribution in [0.2, 0.25) is 0 Å². The highest BCUT2D eigenvalue weighted by atomic mass is 32.1. The van der Waals surface area contributed by atoms with Crippen LogP contribution in [0.5, 0.6) is 5.75 Å². The minimum atomic E-state index is -1.41. The largest absolute Gasteiger partial charge is 0.463 e. The molecule has 5 rings (SSSR count). The van der Waals surface area contributed by atoms with Crippen LogP contribution in [0.3, 0.4) is 0 Å². The highest BCUT2D eigenvalue weighted by Gasteiger charge is 2.25. The van der Waals surface area contributed by atoms with Gasteiger partial charge in [0.2, 0.25) is 11.8 Å². The molecule has 0 aliphatic carbocycles. The van der Waals surface area contributed by atoms with E-state index >= 15 is 0 Å². The Labute approximate surface area is 234 Å². The molecule has 5 aromatic rings. The van der Waals surface area contributed by atoms with Crippen LogP contribution in [-0.2, 0) is 22.6 Å². The number of rotatable bonds is 10. The van der Waals surface area contributed by atoms with Gasteiger partial charge in [-0.05, 0) is 43.0 Å². The van der Waals surface area contributed by atoms with Gasteiger partial charge in [0.05, 0.1) is 17.6 Å². The Bertz CT molecular complexity index is 1670. The summed E-state index contributed by atoms with van der Waals surface area (Å²) in [6, 6.07) is 21.0. The van der Waals surface area contributed by atoms with E-state index in [0.717, 1.165) is 16.8 Å². The van der Waals surface area contributed by atoms with Gasteiger partial charge in [0.1, 0.15) is 28.6 Å². The molecule has 0 amide bonds. The predicted molar refractivity (Wildman–Crippen MR) is 153 cm³/mol. The Morgan fingerprint density at radius 3 is 2.42 bits per heavy atom. The molecule has 0 saturated heterocycles. The van der Waals surface area contributed by atoms with Crippen LogP contribution in [0.1, 0.15) is 22.4 Å². The van der Waals surface area contributed by atoms with Gasteiger partial charge in [0, 0.05) is 17.1 Å². The second-order valence-electron chi connectivity index (χ2n) is 9.36. The van der Waals surface area contributed by atoms with E-state index in [1.165, 1.54) is 23.7 Å². The lowest BCUT2D eigenvalue weighted by atomic mass is 10.1. The predicted octanol–water partition coefficient (Wildman–Crippen LogP) is 5.13. The summed E-state index contributed by atoms with van der Waals surface area (Å²) in [6.45, 7) is 3.78. The maximum atomic E-state index is 13.3. The molecule has 2 heterocycles. The number of hydrogen-bond acceptors (Lipinski definition) is 9. The van der Waals surface area contributed by atoms with Gasteiger partial charge in [0.25, 0.3) is 0 Å². The number of aliphatic hydroxyl groups excluding tert-OH is 1. The maximum Gasteiger partial charge on any atom is 0.329 e. The van der Waals surface area contributed by atoms with Gasteiger partial charge in [-0.15, -0.1) is 11.3 Å². The van der Waals surface area contributed by atoms with Crippen molar-refractivity contribution in [1.29, 1.82) is 0 Å². The van der Waals surface area contributed by atoms with Crippen LogP contribution < -0.4 is 15.5 Å². The van der Waals surface area contributed by atoms with E-state index in [1.807, 2.05) is 73.0 Å². The molecule has 0 bridgehead atoms. The van der Waals surface area contributed by atoms with E-state index in [4.69, 9.17) is 13.9 Å². The van der Waals surface area contributed by atoms with Crippen molar-refractivity contribution in [3.63, 3.8) is 0 Å². The Balaban J connectivity index is 1.35. The summed E-state index contributed by atoms with van der Waals surface area (Å²) in [4.78, 5) is 31.0. The van der Waals surface area contributed by atoms with Gasteiger partial charge in [-0.25, -0.2) is 9.78 Å². The summed E-state index contributed by atoms with van der Waals surface area (Å²) in [7, 11) is 0. The van der Waals surface area contributed by atoms with Crippen LogP contribution in [0.15, 0.2) is 93.7 Å². The highest BCUT2D eigenvalue weighted by molar-refractivity contribution is 7.13. The number of aryl methyl sites for hydroxylation is 2. The van der Waals surface area contributed by atoms with Gasteiger partial charge in [-0.2, -0.15) is 0 Å². The summed E-state index contributed by atoms with van der Waals surface area (Å²) in [5.41, 5.74) is 3.66. The van der Waals surface area contributed by atoms with E-state index in [0.29, 0.717) is 27.1 Å². The number of hydrogen-bond donors (Lipinski definition) is 2. The highest BCUT2D eigenvalue weighted by Crippen LogP contribution is 2.28. The summed E-state index contributed by atoms with van der Waals surface area (Å²) in [5, 5.41) is 16.2. The molecule has 40 heavy (non-hydrogen) atoms. The number of benzene rings is 3. The van der Waals surface area contributed by atoms with Crippen LogP contribution in [0, 0.1) is 13.8 Å². The smallest absolute Gasteiger partial charge is 0.329 e. The summed E-state index contributed by atoms with van der Waals surface area (Å²) >= 11 is 1.38. The van der Waals surface area contributed by atoms with Gasteiger partial charge in [0.15, 0.2) is 0 Å². The molecule has 8 nitrogen and oxygen atoms in total. The quantitative estimate of drug-likeness (QED) is 0.138. The lowest BCUT2D eigenvalue weighted by Crippen LogP contribution is -2.47. The number of thiazole rings is 1. The normalized spacial score (nSPS) is 12.8. The molecule has 2 N–H and O–H groups in total. The van der Waals surface area contributed by atoms with E-state index in [2.05, 4.69) is 10.3 Å². The molecule has 3 aromatic carbocycles. The number of esters is 1. The van der Waals surface area contributed by atoms with Crippen molar-refractivity contribution in [1.82, 2.24) is 10.3 Å². The van der Waals surface area contributed by atoms with Crippen molar-refractivity contribution in [2.24, 2.45) is 0 Å². The number of nitrogens with zero attached hydrogens (tertiary/aromatic N) is 1. The van der Waals surface area contributed by atoms with E-state index in [1.54, 1.807) is 13.0 Å². The fourth-order valence-corrected chi connectivity index (χ4v) is 5.12. The number of nitrogens with one attached hydrogen (secondary N) is 1. The molecule has 9 heteroatoms. The van der Waals surface area contributed by atoms with Crippen LogP contribution in [-0.4, -0.2) is 28.5 Å². The molecular weight excluding hydrogens is 528 g/mol. The van der Waals surface area contributed by atoms with Crippen LogP contribution in [0.25, 0.3) is 21.5 Å². The lowest BCUT2D eigenvalue weighted by Gasteiger charge is -2.22. The third-order valence-corrected chi connectivity index (χ3v) is 7.27. The molecule has 0 aliphatic heterocycles. The second-order valence-corrected chi connectivity index (χ2v) is 10.2. The SMILES string of the molecule is Cc1csc(-c2coc3cc(OC(=O)C(Cc4ccccc4)NC(O)OCc4ccccc4)cc(C)c3c2=O)n1. The first kappa shape index (κ1) is 27.4. The number of aliphatic hydroxyl groups is 1. The van der Waals surface area contributed by atoms with E-state index in [-0.39, 0.29) is 24.2 Å². The van der Waals surface area contributed by atoms with Crippen molar-refractivity contribution in [3.8, 4) is 16.3 Å². The molecule has 204 valence electrons. The van der Waals surface area contributed by atoms with Crippen LogP contribution in [0.4, 0.5) is 0 Å². The summed E-state index contributed by atoms with van der Waals surface area (Å²) < 4.78 is 17.0. The minimum Gasteiger partial charge on any atom is -0.463 e. The first-order valence-corrected chi connectivity index (χ1v) is 13.6. The second kappa shape index (κ2) is 12.4. The third-order valence-electron chi connectivity index (χ3n) is 6.28. The first-order chi connectivity index (χ1) is 19.4. The summed E-state index contributed by atoms with van der Waals surface area (Å²) in [5.74, 6) is -0.405. The van der Waals surface area contributed by atoms with Gasteiger partial charge in [-0.3, -0.25) is 10.1 Å². The molecule has 0 aliphatic rings. The molecule has 2 unspecified atom stereocenters. The average Bonchev–Trinajstić information content (AvgIpc) is 3.38. The number of carbonyl (C=O) groups excluding carboxylic acids is 1. The number of ether oxygens (including phenoxy) is 2. The standard InChI is InChI=1S/C31H28N2O6S/c1-19-13-23(15-26-27(19)28(34)24(17-37-26)29-32-20(2)18-40-29)39-30(35)25(14-21-9-5-3-6-10-21)33-31(36)38-16-22-11-7-4-8-12-22/h3-13,15,17-18,25,31,33,36H,14,16H2,1-2H3. The minimum absolute atomic E-state index is 0.160. The number of aromatic nitrogens is 1. The Hall–Kier alpha value is -4.15. The molecule has 0 saturated carbocycles. The zero-order valence-corrected chi connectivity index (χ0v) is 22.8. The molecule has 2 atom stereocenters. The van der Waals surface area contributed by atoms with Crippen LogP contribution >= 0.6 is 11.3 Å². The van der Waals surface area contributed by atoms with Crippen molar-refractivity contribution in [2.45, 2.75) is 39.3 Å². The fraction of sp³-hybridized carbons (Fsp3) is 0.194. The van der Waals surface area contributed by atoms with Gasteiger partial charge < -0.3 is 19.0 Å². The van der Waals surface area contributed by atoms with Crippen molar-refractivity contribution in [3.05, 3.63) is 117 Å². The van der Waals surface area contributed by atoms with E-state index in [9.17, 15) is 14.7 Å². The number of carbonyl (C=O) groups is 1. The third kappa shape index (κ3) is 6.52. The average molecular weight is 557 g/mol. The Kier molecular flexibility index (Phi) is 8.47. The van der Waals surface area contributed by atoms with E-state index < -0.39 is 18.4 Å². The molecular formula is C31H28N2O6S. The monoisotopic (exact) mass is 556 g/mol. The molecule has 0 radical (unpaired) electrons. The Morgan fingerprint density at radius 2 is 1.75 bits per heavy atom. The molecule has 0 spiro atoms. The first-order valence-electron chi connectivity index (χ1n) is 12.7. The fourth-order valence-electron chi connectivity index (χ4n) is 4.32. The zero-order chi connectivity index (χ0) is 28.1.